The van der Waals surface area contributed by atoms with Crippen molar-refractivity contribution in [2.45, 2.75) is 148 Å². The first-order valence-corrected chi connectivity index (χ1v) is 30.8. The monoisotopic (exact) mass is 1500 g/mol. The predicted molar refractivity (Wildman–Crippen MR) is 292 cm³/mol. The Labute approximate surface area is 551 Å². The van der Waals surface area contributed by atoms with Gasteiger partial charge in [0, 0.05) is 12.8 Å². The molecule has 552 valence electrons. The molecular formula is C57H50F17NO23S2. The summed E-state index contributed by atoms with van der Waals surface area (Å²) in [5, 5.41) is 0. The number of methoxy groups -OCH3 is 1. The van der Waals surface area contributed by atoms with Crippen LogP contribution in [0.5, 0.6) is 11.5 Å². The Bertz CT molecular complexity index is 3810. The standard InChI is InChI=1S/C57H50F17NO23S2/c1-28(76)17-22-38(78)95-42-39(75-45(79)33-15-9-10-16-34(33)46(75)80)48(93-36(27-91-99(82,83)84)41(42)98-100(85,86)87)97-40-35(26-89-37(77)23-24-50(58,59)51(60,61)52(62,63)53(64,65)54(66,67)55(68,69)56(70,71)57(72,73)74)94-49(92-32-20-18-31(88-2)19-21-32)44(96-47(81)30-13-7-4-8-14-30)43(40)90-25-29-11-5-3-6-12-29/h3-16,18-21,35-36,39-44,48-49H,17,22-27H2,1-2H3,(H,82,83,84)(H,85,86,87)/t35-,36-,39-,40-,41-,42-,43+,44-,48+,49-/m1/s1. The number of hydrogen-bond donors (Lipinski definition) is 2. The zero-order valence-electron chi connectivity index (χ0n) is 50.3. The van der Waals surface area contributed by atoms with Crippen molar-refractivity contribution in [3.8, 4) is 11.5 Å². The van der Waals surface area contributed by atoms with Crippen LogP contribution < -0.4 is 9.47 Å². The fourth-order valence-corrected chi connectivity index (χ4v) is 10.7. The van der Waals surface area contributed by atoms with Crippen molar-refractivity contribution in [1.29, 1.82) is 0 Å². The minimum Gasteiger partial charge on any atom is -0.497 e. The number of hydrogen-bond acceptors (Lipinski definition) is 21. The number of imide groups is 1. The van der Waals surface area contributed by atoms with E-state index in [1.807, 2.05) is 0 Å². The first kappa shape index (κ1) is 79.4. The molecule has 3 heterocycles. The zero-order valence-corrected chi connectivity index (χ0v) is 51.9. The average Bonchev–Trinajstić information content (AvgIpc) is 0.826. The van der Waals surface area contributed by atoms with Gasteiger partial charge in [0.1, 0.15) is 60.5 Å². The summed E-state index contributed by atoms with van der Waals surface area (Å²) in [7, 11) is -10.6. The molecule has 100 heavy (non-hydrogen) atoms. The number of nitrogens with zero attached hydrogens (tertiary/aromatic N) is 1. The highest BCUT2D eigenvalue weighted by Gasteiger charge is 2.95. The lowest BCUT2D eigenvalue weighted by Gasteiger charge is -2.50. The molecule has 0 aliphatic carbocycles. The van der Waals surface area contributed by atoms with Crippen LogP contribution in [0, 0.1) is 0 Å². The van der Waals surface area contributed by atoms with Crippen molar-refractivity contribution in [3.63, 3.8) is 0 Å². The highest BCUT2D eigenvalue weighted by atomic mass is 32.3. The third kappa shape index (κ3) is 16.8. The Morgan fingerprint density at radius 1 is 0.530 bits per heavy atom. The largest absolute Gasteiger partial charge is 0.497 e. The van der Waals surface area contributed by atoms with E-state index >= 15 is 17.6 Å². The summed E-state index contributed by atoms with van der Waals surface area (Å²) in [5.74, 6) is -68.6. The highest BCUT2D eigenvalue weighted by Crippen LogP contribution is 2.64. The fraction of sp³-hybridized carbons (Fsp3) is 0.474. The summed E-state index contributed by atoms with van der Waals surface area (Å²) in [6.45, 7) is -3.36. The molecule has 7 rings (SSSR count). The van der Waals surface area contributed by atoms with Gasteiger partial charge >= 0.3 is 86.3 Å². The lowest BCUT2D eigenvalue weighted by molar-refractivity contribution is -0.461. The van der Waals surface area contributed by atoms with Crippen molar-refractivity contribution in [2.75, 3.05) is 20.3 Å². The topological polar surface area (TPSA) is 316 Å². The third-order valence-corrected chi connectivity index (χ3v) is 15.8. The number of halogens is 17. The second-order valence-corrected chi connectivity index (χ2v) is 23.8. The quantitative estimate of drug-likeness (QED) is 0.0156. The van der Waals surface area contributed by atoms with E-state index in [1.165, 1.54) is 92.0 Å². The van der Waals surface area contributed by atoms with Gasteiger partial charge < -0.3 is 47.4 Å². The van der Waals surface area contributed by atoms with Gasteiger partial charge in [-0.1, -0.05) is 60.7 Å². The number of esters is 3. The minimum absolute atomic E-state index is 0.124. The van der Waals surface area contributed by atoms with Crippen LogP contribution in [0.1, 0.15) is 69.2 Å². The average molecular weight is 1500 g/mol. The van der Waals surface area contributed by atoms with Gasteiger partial charge in [-0.25, -0.2) is 13.2 Å². The molecule has 2 saturated heterocycles. The van der Waals surface area contributed by atoms with Crippen molar-refractivity contribution < 1.29 is 180 Å². The van der Waals surface area contributed by atoms with E-state index < -0.39 is 222 Å². The van der Waals surface area contributed by atoms with Gasteiger partial charge in [-0.05, 0) is 61.0 Å². The molecule has 2 N–H and O–H groups in total. The van der Waals surface area contributed by atoms with Crippen LogP contribution in [0.15, 0.2) is 109 Å². The summed E-state index contributed by atoms with van der Waals surface area (Å²) in [5.41, 5.74) is -1.20. The van der Waals surface area contributed by atoms with Gasteiger partial charge in [0.2, 0.25) is 6.29 Å². The second-order valence-electron chi connectivity index (χ2n) is 21.7. The number of carbonyl (C=O) groups excluding carboxylic acids is 6. The van der Waals surface area contributed by atoms with Gasteiger partial charge in [-0.2, -0.15) is 91.5 Å². The summed E-state index contributed by atoms with van der Waals surface area (Å²) in [6.07, 6.45) is -38.9. The molecule has 43 heteroatoms. The third-order valence-electron chi connectivity index (χ3n) is 14.9. The van der Waals surface area contributed by atoms with Crippen LogP contribution in [0.25, 0.3) is 0 Å². The van der Waals surface area contributed by atoms with Crippen molar-refractivity contribution in [2.24, 2.45) is 0 Å². The lowest BCUT2D eigenvalue weighted by Crippen LogP contribution is -2.74. The summed E-state index contributed by atoms with van der Waals surface area (Å²) in [4.78, 5) is 83.3. The molecule has 2 fully saturated rings. The Kier molecular flexibility index (Phi) is 23.8. The van der Waals surface area contributed by atoms with Crippen LogP contribution in [-0.2, 0) is 83.3 Å². The van der Waals surface area contributed by atoms with E-state index in [2.05, 4.69) is 4.18 Å². The molecule has 24 nitrogen and oxygen atoms in total. The van der Waals surface area contributed by atoms with Crippen LogP contribution >= 0.6 is 0 Å². The molecule has 0 unspecified atom stereocenters. The zero-order chi connectivity index (χ0) is 74.7. The second kappa shape index (κ2) is 30.0. The fourth-order valence-electron chi connectivity index (χ4n) is 9.84. The Balaban J connectivity index is 1.40. The van der Waals surface area contributed by atoms with Crippen molar-refractivity contribution >= 4 is 56.3 Å². The maximum Gasteiger partial charge on any atom is 0.460 e. The minimum atomic E-state index is -8.99. The van der Waals surface area contributed by atoms with Gasteiger partial charge in [-0.3, -0.25) is 33.2 Å². The van der Waals surface area contributed by atoms with E-state index in [9.17, 15) is 112 Å². The number of ketones is 1. The van der Waals surface area contributed by atoms with Crippen molar-refractivity contribution in [1.82, 2.24) is 4.90 Å². The van der Waals surface area contributed by atoms with Gasteiger partial charge in [0.05, 0.1) is 49.9 Å². The molecule has 0 radical (unpaired) electrons. The van der Waals surface area contributed by atoms with Gasteiger partial charge in [0.15, 0.2) is 18.5 Å². The smallest absolute Gasteiger partial charge is 0.460 e. The normalized spacial score (nSPS) is 22.9. The van der Waals surface area contributed by atoms with Gasteiger partial charge in [-0.15, -0.1) is 0 Å². The summed E-state index contributed by atoms with van der Waals surface area (Å²) < 4.78 is 374. The number of rotatable bonds is 31. The molecule has 4 aromatic carbocycles. The van der Waals surface area contributed by atoms with Crippen LogP contribution in [0.3, 0.4) is 0 Å². The van der Waals surface area contributed by atoms with E-state index in [0.29, 0.717) is 0 Å². The molecule has 4 aromatic rings. The molecule has 0 aromatic heterocycles. The number of benzene rings is 4. The molecule has 0 saturated carbocycles. The number of carbonyl (C=O) groups is 6. The van der Waals surface area contributed by atoms with E-state index in [-0.39, 0.29) is 27.5 Å². The summed E-state index contributed by atoms with van der Waals surface area (Å²) >= 11 is 0. The number of Topliss-reactive ketones (excluding diaryl/α,β-unsaturated/α-hetero) is 1. The van der Waals surface area contributed by atoms with Crippen LogP contribution in [0.2, 0.25) is 0 Å². The number of fused-ring (bicyclic) bond motifs is 1. The summed E-state index contributed by atoms with van der Waals surface area (Å²) in [6, 6.07) is 19.9. The van der Waals surface area contributed by atoms with Crippen molar-refractivity contribution in [3.05, 3.63) is 131 Å². The first-order chi connectivity index (χ1) is 46.1. The van der Waals surface area contributed by atoms with E-state index in [0.717, 1.165) is 31.2 Å². The molecule has 0 spiro atoms. The van der Waals surface area contributed by atoms with E-state index in [1.54, 1.807) is 0 Å². The number of amides is 2. The Hall–Kier alpha value is -7.91. The molecule has 0 bridgehead atoms. The van der Waals surface area contributed by atoms with Crippen LogP contribution in [-0.4, -0.2) is 196 Å². The molecule has 3 aliphatic rings. The molecule has 2 amide bonds. The Morgan fingerprint density at radius 3 is 1.55 bits per heavy atom. The number of alkyl halides is 17. The molecule has 3 aliphatic heterocycles. The maximum absolute atomic E-state index is 15.3. The van der Waals surface area contributed by atoms with Crippen LogP contribution in [0.4, 0.5) is 74.6 Å². The van der Waals surface area contributed by atoms with E-state index in [4.69, 9.17) is 46.8 Å². The molecular weight excluding hydrogens is 1450 g/mol. The Morgan fingerprint density at radius 2 is 1.03 bits per heavy atom. The maximum atomic E-state index is 15.3. The SMILES string of the molecule is COc1ccc(O[C@@H]2O[C@H](COC(=O)CCC(F)(F)C(F)(F)C(F)(F)C(F)(F)C(F)(F)C(F)(F)C(F)(F)C(F)(F)F)[C@@H](O[C@@H]3O[C@H](COS(=O)(=O)O)[C@@H](OS(=O)(=O)O)[C@H](OC(=O)CCC(C)=O)[C@H]3N3C(=O)c4ccccc4C3=O)[C@H](OCc3ccccc3)[C@H]2OC(=O)c2ccccc2)cc1. The molecule has 10 atom stereocenters. The van der Waals surface area contributed by atoms with Gasteiger partial charge in [0.25, 0.3) is 11.8 Å². The first-order valence-electron chi connectivity index (χ1n) is 28.1. The lowest BCUT2D eigenvalue weighted by atomic mass is 9.88. The predicted octanol–water partition coefficient (Wildman–Crippen LogP) is 9.01. The number of ether oxygens (including phenoxy) is 9. The highest BCUT2D eigenvalue weighted by molar-refractivity contribution is 7.81.